The van der Waals surface area contributed by atoms with Crippen LogP contribution in [-0.4, -0.2) is 34.3 Å². The first-order valence-corrected chi connectivity index (χ1v) is 9.97. The summed E-state index contributed by atoms with van der Waals surface area (Å²) in [6.07, 6.45) is 1.55. The van der Waals surface area contributed by atoms with Crippen LogP contribution in [0.2, 0.25) is 5.02 Å². The van der Waals surface area contributed by atoms with Crippen LogP contribution >= 0.6 is 11.6 Å². The first kappa shape index (κ1) is 19.1. The molecule has 1 aliphatic rings. The zero-order valence-corrected chi connectivity index (χ0v) is 17.1. The van der Waals surface area contributed by atoms with Crippen LogP contribution in [0.15, 0.2) is 36.4 Å². The Labute approximate surface area is 168 Å². The molecule has 4 nitrogen and oxygen atoms in total. The molecule has 1 aliphatic heterocycles. The number of amides is 1. The lowest BCUT2D eigenvalue weighted by Gasteiger charge is -2.35. The zero-order chi connectivity index (χ0) is 20.1. The van der Waals surface area contributed by atoms with E-state index >= 15 is 0 Å². The Morgan fingerprint density at radius 3 is 2.54 bits per heavy atom. The fraction of sp³-hybridized carbons (Fsp3) is 0.409. The summed E-state index contributed by atoms with van der Waals surface area (Å²) in [5.74, 6) is -0.273. The van der Waals surface area contributed by atoms with Crippen molar-refractivity contribution in [3.05, 3.63) is 47.2 Å². The van der Waals surface area contributed by atoms with E-state index in [0.29, 0.717) is 18.1 Å². The van der Waals surface area contributed by atoms with E-state index in [1.54, 1.807) is 11.0 Å². The maximum atomic E-state index is 13.9. The van der Waals surface area contributed by atoms with E-state index in [-0.39, 0.29) is 18.0 Å². The van der Waals surface area contributed by atoms with Gasteiger partial charge in [-0.3, -0.25) is 0 Å². The van der Waals surface area contributed by atoms with Crippen molar-refractivity contribution in [3.63, 3.8) is 0 Å². The molecule has 0 spiro atoms. The maximum absolute atomic E-state index is 13.9. The van der Waals surface area contributed by atoms with Crippen molar-refractivity contribution in [2.75, 3.05) is 13.1 Å². The number of rotatable bonds is 1. The number of nitrogens with zero attached hydrogens (tertiary/aromatic N) is 2. The van der Waals surface area contributed by atoms with Gasteiger partial charge in [-0.2, -0.15) is 0 Å². The molecule has 0 N–H and O–H groups in total. The summed E-state index contributed by atoms with van der Waals surface area (Å²) in [5.41, 5.74) is 1.43. The van der Waals surface area contributed by atoms with Crippen molar-refractivity contribution < 1.29 is 13.9 Å². The van der Waals surface area contributed by atoms with E-state index in [0.717, 1.165) is 34.6 Å². The Morgan fingerprint density at radius 1 is 1.14 bits per heavy atom. The molecule has 148 valence electrons. The van der Waals surface area contributed by atoms with E-state index in [1.807, 2.05) is 45.0 Å². The fourth-order valence-electron chi connectivity index (χ4n) is 4.05. The minimum atomic E-state index is -0.523. The molecule has 0 saturated carbocycles. The van der Waals surface area contributed by atoms with Gasteiger partial charge in [0.2, 0.25) is 0 Å². The Hall–Kier alpha value is -2.27. The highest BCUT2D eigenvalue weighted by atomic mass is 35.5. The summed E-state index contributed by atoms with van der Waals surface area (Å²) < 4.78 is 21.7. The van der Waals surface area contributed by atoms with Gasteiger partial charge in [-0.15, -0.1) is 0 Å². The summed E-state index contributed by atoms with van der Waals surface area (Å²) >= 11 is 6.21. The first-order chi connectivity index (χ1) is 13.2. The van der Waals surface area contributed by atoms with Crippen molar-refractivity contribution in [1.82, 2.24) is 9.47 Å². The predicted molar refractivity (Wildman–Crippen MR) is 110 cm³/mol. The van der Waals surface area contributed by atoms with Gasteiger partial charge in [0.25, 0.3) is 0 Å². The molecule has 0 bridgehead atoms. The molecule has 1 aromatic heterocycles. The number of fused-ring (bicyclic) bond motifs is 3. The third kappa shape index (κ3) is 3.55. The monoisotopic (exact) mass is 402 g/mol. The first-order valence-electron chi connectivity index (χ1n) is 9.59. The van der Waals surface area contributed by atoms with Gasteiger partial charge in [-0.1, -0.05) is 11.6 Å². The summed E-state index contributed by atoms with van der Waals surface area (Å²) in [6.45, 7) is 6.86. The SMILES string of the molecule is CC(C)(C)OC(=O)N1CCC[C@@H](n2c3ccc(F)cc3c3cc(Cl)ccc32)C1. The van der Waals surface area contributed by atoms with Crippen LogP contribution in [0.1, 0.15) is 39.7 Å². The third-order valence-corrected chi connectivity index (χ3v) is 5.37. The predicted octanol–water partition coefficient (Wildman–Crippen LogP) is 6.16. The number of ether oxygens (including phenoxy) is 1. The molecule has 0 aliphatic carbocycles. The second kappa shape index (κ2) is 6.96. The molecular formula is C22H24ClFN2O2. The molecular weight excluding hydrogens is 379 g/mol. The maximum Gasteiger partial charge on any atom is 0.410 e. The number of piperidine rings is 1. The van der Waals surface area contributed by atoms with E-state index < -0.39 is 5.60 Å². The number of hydrogen-bond donors (Lipinski definition) is 0. The average molecular weight is 403 g/mol. The fourth-order valence-corrected chi connectivity index (χ4v) is 4.22. The Balaban J connectivity index is 1.76. The molecule has 1 amide bonds. The number of benzene rings is 2. The smallest absolute Gasteiger partial charge is 0.410 e. The standard InChI is InChI=1S/C22H24ClFN2O2/c1-22(2,3)28-21(27)25-10-4-5-16(13-25)26-19-8-6-14(23)11-17(19)18-12-15(24)7-9-20(18)26/h6-9,11-12,16H,4-5,10,13H2,1-3H3/t16-/m1/s1. The van der Waals surface area contributed by atoms with Crippen LogP contribution in [0.25, 0.3) is 21.8 Å². The highest BCUT2D eigenvalue weighted by Gasteiger charge is 2.30. The summed E-state index contributed by atoms with van der Waals surface area (Å²) in [6, 6.07) is 10.6. The lowest BCUT2D eigenvalue weighted by atomic mass is 10.1. The lowest BCUT2D eigenvalue weighted by molar-refractivity contribution is 0.0176. The van der Waals surface area contributed by atoms with Gasteiger partial charge in [-0.05, 0) is 70.0 Å². The van der Waals surface area contributed by atoms with Gasteiger partial charge in [0.15, 0.2) is 0 Å². The molecule has 2 heterocycles. The Bertz CT molecular complexity index is 995. The van der Waals surface area contributed by atoms with Gasteiger partial charge in [-0.25, -0.2) is 9.18 Å². The second-order valence-electron chi connectivity index (χ2n) is 8.42. The van der Waals surface area contributed by atoms with Crippen LogP contribution in [0, 0.1) is 5.82 Å². The molecule has 6 heteroatoms. The molecule has 2 aromatic carbocycles. The van der Waals surface area contributed by atoms with E-state index in [9.17, 15) is 9.18 Å². The average Bonchev–Trinajstić information content (AvgIpc) is 2.93. The van der Waals surface area contributed by atoms with Crippen molar-refractivity contribution in [1.29, 1.82) is 0 Å². The van der Waals surface area contributed by atoms with Crippen LogP contribution < -0.4 is 0 Å². The van der Waals surface area contributed by atoms with Gasteiger partial charge in [0.05, 0.1) is 6.04 Å². The molecule has 3 aromatic rings. The topological polar surface area (TPSA) is 34.5 Å². The molecule has 1 saturated heterocycles. The second-order valence-corrected chi connectivity index (χ2v) is 8.85. The number of halogens is 2. The molecule has 1 atom stereocenters. The van der Waals surface area contributed by atoms with Crippen LogP contribution in [-0.2, 0) is 4.74 Å². The molecule has 28 heavy (non-hydrogen) atoms. The van der Waals surface area contributed by atoms with Crippen molar-refractivity contribution in [3.8, 4) is 0 Å². The lowest BCUT2D eigenvalue weighted by Crippen LogP contribution is -2.43. The normalized spacial score (nSPS) is 18.0. The molecule has 1 fully saturated rings. The summed E-state index contributed by atoms with van der Waals surface area (Å²) in [4.78, 5) is 14.3. The van der Waals surface area contributed by atoms with Gasteiger partial charge < -0.3 is 14.2 Å². The van der Waals surface area contributed by atoms with Crippen molar-refractivity contribution in [2.45, 2.75) is 45.3 Å². The highest BCUT2D eigenvalue weighted by Crippen LogP contribution is 2.36. The van der Waals surface area contributed by atoms with Crippen molar-refractivity contribution in [2.24, 2.45) is 0 Å². The van der Waals surface area contributed by atoms with E-state index in [2.05, 4.69) is 4.57 Å². The number of hydrogen-bond acceptors (Lipinski definition) is 2. The minimum absolute atomic E-state index is 0.0907. The number of carbonyl (C=O) groups excluding carboxylic acids is 1. The van der Waals surface area contributed by atoms with Crippen molar-refractivity contribution >= 4 is 39.5 Å². The largest absolute Gasteiger partial charge is 0.444 e. The zero-order valence-electron chi connectivity index (χ0n) is 16.3. The Morgan fingerprint density at radius 2 is 1.82 bits per heavy atom. The summed E-state index contributed by atoms with van der Waals surface area (Å²) in [7, 11) is 0. The number of likely N-dealkylation sites (tertiary alicyclic amines) is 1. The van der Waals surface area contributed by atoms with Gasteiger partial charge in [0.1, 0.15) is 11.4 Å². The molecule has 0 radical (unpaired) electrons. The third-order valence-electron chi connectivity index (χ3n) is 5.14. The summed E-state index contributed by atoms with van der Waals surface area (Å²) in [5, 5.41) is 2.39. The number of aromatic nitrogens is 1. The van der Waals surface area contributed by atoms with Crippen LogP contribution in [0.4, 0.5) is 9.18 Å². The quantitative estimate of drug-likeness (QED) is 0.488. The minimum Gasteiger partial charge on any atom is -0.444 e. The van der Waals surface area contributed by atoms with E-state index in [4.69, 9.17) is 16.3 Å². The van der Waals surface area contributed by atoms with Crippen LogP contribution in [0.3, 0.4) is 0 Å². The van der Waals surface area contributed by atoms with Crippen LogP contribution in [0.5, 0.6) is 0 Å². The highest BCUT2D eigenvalue weighted by molar-refractivity contribution is 6.31. The van der Waals surface area contributed by atoms with Gasteiger partial charge in [0, 0.05) is 39.9 Å². The molecule has 0 unspecified atom stereocenters. The Kier molecular flexibility index (Phi) is 4.74. The number of carbonyl (C=O) groups is 1. The molecule has 4 rings (SSSR count). The van der Waals surface area contributed by atoms with E-state index in [1.165, 1.54) is 6.07 Å². The van der Waals surface area contributed by atoms with Gasteiger partial charge >= 0.3 is 6.09 Å².